The van der Waals surface area contributed by atoms with Gasteiger partial charge in [0.1, 0.15) is 5.75 Å². The number of piperidine rings is 1. The molecule has 1 aromatic carbocycles. The van der Waals surface area contributed by atoms with Crippen LogP contribution < -0.4 is 10.5 Å². The van der Waals surface area contributed by atoms with E-state index < -0.39 is 0 Å². The molecule has 1 saturated heterocycles. The van der Waals surface area contributed by atoms with Crippen molar-refractivity contribution in [2.75, 3.05) is 13.7 Å². The molecule has 0 spiro atoms. The molecule has 1 aliphatic rings. The minimum absolute atomic E-state index is 0.250. The van der Waals surface area contributed by atoms with Crippen LogP contribution in [0.5, 0.6) is 5.75 Å². The Kier molecular flexibility index (Phi) is 4.83. The predicted octanol–water partition coefficient (Wildman–Crippen LogP) is 2.71. The Bertz CT molecular complexity index is 417. The van der Waals surface area contributed by atoms with Crippen molar-refractivity contribution in [3.05, 3.63) is 29.3 Å². The molecule has 0 aromatic heterocycles. The summed E-state index contributed by atoms with van der Waals surface area (Å²) < 4.78 is 5.32. The zero-order valence-corrected chi connectivity index (χ0v) is 12.4. The van der Waals surface area contributed by atoms with Crippen LogP contribution in [-0.2, 0) is 6.54 Å². The van der Waals surface area contributed by atoms with Crippen molar-refractivity contribution in [1.82, 2.24) is 4.90 Å². The molecule has 2 atom stereocenters. The number of rotatable bonds is 4. The molecule has 2 N–H and O–H groups in total. The molecule has 19 heavy (non-hydrogen) atoms. The Morgan fingerprint density at radius 1 is 1.42 bits per heavy atom. The second-order valence-corrected chi connectivity index (χ2v) is 5.70. The van der Waals surface area contributed by atoms with Crippen LogP contribution in [0.25, 0.3) is 0 Å². The monoisotopic (exact) mass is 262 g/mol. The average Bonchev–Trinajstić information content (AvgIpc) is 2.39. The van der Waals surface area contributed by atoms with Crippen LogP contribution in [0.15, 0.2) is 18.2 Å². The van der Waals surface area contributed by atoms with E-state index in [2.05, 4.69) is 36.9 Å². The zero-order chi connectivity index (χ0) is 13.8. The number of nitrogens with zero attached hydrogens (tertiary/aromatic N) is 1. The van der Waals surface area contributed by atoms with Gasteiger partial charge in [0.25, 0.3) is 0 Å². The Balaban J connectivity index is 2.08. The number of ether oxygens (including phenoxy) is 1. The number of likely N-dealkylation sites (tertiary alicyclic amines) is 1. The Hall–Kier alpha value is -1.06. The van der Waals surface area contributed by atoms with E-state index in [1.165, 1.54) is 30.4 Å². The Morgan fingerprint density at radius 3 is 2.84 bits per heavy atom. The van der Waals surface area contributed by atoms with Gasteiger partial charge in [-0.2, -0.15) is 0 Å². The highest BCUT2D eigenvalue weighted by molar-refractivity contribution is 5.36. The summed E-state index contributed by atoms with van der Waals surface area (Å²) in [6.45, 7) is 6.39. The van der Waals surface area contributed by atoms with Gasteiger partial charge < -0.3 is 10.5 Å². The standard InChI is InChI=1S/C16H26N2O/c1-12-10-14(7-8-16(12)19-3)11-18-9-5-4-6-15(18)13(2)17/h7-8,10,13,15H,4-6,9,11,17H2,1-3H3. The molecular weight excluding hydrogens is 236 g/mol. The van der Waals surface area contributed by atoms with Crippen molar-refractivity contribution in [3.63, 3.8) is 0 Å². The van der Waals surface area contributed by atoms with E-state index in [9.17, 15) is 0 Å². The minimum Gasteiger partial charge on any atom is -0.496 e. The summed E-state index contributed by atoms with van der Waals surface area (Å²) in [4.78, 5) is 2.54. The number of hydrogen-bond donors (Lipinski definition) is 1. The van der Waals surface area contributed by atoms with E-state index in [1.807, 2.05) is 0 Å². The highest BCUT2D eigenvalue weighted by Gasteiger charge is 2.25. The van der Waals surface area contributed by atoms with Crippen LogP contribution in [0.1, 0.15) is 37.3 Å². The summed E-state index contributed by atoms with van der Waals surface area (Å²) in [6, 6.07) is 7.23. The van der Waals surface area contributed by atoms with Gasteiger partial charge in [-0.1, -0.05) is 18.6 Å². The van der Waals surface area contributed by atoms with Gasteiger partial charge in [0.05, 0.1) is 7.11 Å². The molecule has 0 bridgehead atoms. The second-order valence-electron chi connectivity index (χ2n) is 5.70. The van der Waals surface area contributed by atoms with Crippen LogP contribution in [-0.4, -0.2) is 30.6 Å². The van der Waals surface area contributed by atoms with E-state index in [0.29, 0.717) is 6.04 Å². The first-order chi connectivity index (χ1) is 9.11. The third-order valence-electron chi connectivity index (χ3n) is 4.12. The maximum atomic E-state index is 6.13. The lowest BCUT2D eigenvalue weighted by Gasteiger charge is -2.38. The number of hydrogen-bond acceptors (Lipinski definition) is 3. The van der Waals surface area contributed by atoms with E-state index >= 15 is 0 Å². The van der Waals surface area contributed by atoms with Gasteiger partial charge in [-0.3, -0.25) is 4.90 Å². The molecule has 3 heteroatoms. The van der Waals surface area contributed by atoms with Gasteiger partial charge in [0.15, 0.2) is 0 Å². The molecule has 1 fully saturated rings. The molecule has 3 nitrogen and oxygen atoms in total. The van der Waals surface area contributed by atoms with Gasteiger partial charge in [0.2, 0.25) is 0 Å². The van der Waals surface area contributed by atoms with E-state index in [1.54, 1.807) is 7.11 Å². The first kappa shape index (κ1) is 14.4. The fourth-order valence-electron chi connectivity index (χ4n) is 3.08. The highest BCUT2D eigenvalue weighted by Crippen LogP contribution is 2.24. The van der Waals surface area contributed by atoms with Gasteiger partial charge in [-0.05, 0) is 50.4 Å². The molecular formula is C16H26N2O. The fraction of sp³-hybridized carbons (Fsp3) is 0.625. The van der Waals surface area contributed by atoms with Crippen molar-refractivity contribution in [1.29, 1.82) is 0 Å². The SMILES string of the molecule is COc1ccc(CN2CCCCC2C(C)N)cc1C. The molecule has 0 radical (unpaired) electrons. The molecule has 1 aliphatic heterocycles. The largest absolute Gasteiger partial charge is 0.496 e. The first-order valence-electron chi connectivity index (χ1n) is 7.25. The summed E-state index contributed by atoms with van der Waals surface area (Å²) in [5.41, 5.74) is 8.68. The Morgan fingerprint density at radius 2 is 2.21 bits per heavy atom. The maximum absolute atomic E-state index is 6.13. The molecule has 0 amide bonds. The number of benzene rings is 1. The molecule has 2 rings (SSSR count). The normalized spacial score (nSPS) is 22.2. The van der Waals surface area contributed by atoms with Gasteiger partial charge >= 0.3 is 0 Å². The van der Waals surface area contributed by atoms with Crippen molar-refractivity contribution < 1.29 is 4.74 Å². The average molecular weight is 262 g/mol. The molecule has 1 heterocycles. The summed E-state index contributed by atoms with van der Waals surface area (Å²) in [5.74, 6) is 0.964. The van der Waals surface area contributed by atoms with Crippen LogP contribution in [0.4, 0.5) is 0 Å². The van der Waals surface area contributed by atoms with Crippen molar-refractivity contribution >= 4 is 0 Å². The molecule has 1 aromatic rings. The van der Waals surface area contributed by atoms with Crippen molar-refractivity contribution in [3.8, 4) is 5.75 Å². The van der Waals surface area contributed by atoms with Crippen LogP contribution in [0, 0.1) is 6.92 Å². The lowest BCUT2D eigenvalue weighted by molar-refractivity contribution is 0.123. The van der Waals surface area contributed by atoms with Gasteiger partial charge in [-0.15, -0.1) is 0 Å². The van der Waals surface area contributed by atoms with E-state index in [4.69, 9.17) is 10.5 Å². The topological polar surface area (TPSA) is 38.5 Å². The zero-order valence-electron chi connectivity index (χ0n) is 12.4. The lowest BCUT2D eigenvalue weighted by Crippen LogP contribution is -2.48. The van der Waals surface area contributed by atoms with Gasteiger partial charge in [0, 0.05) is 18.6 Å². The molecule has 0 aliphatic carbocycles. The van der Waals surface area contributed by atoms with Crippen molar-refractivity contribution in [2.45, 2.75) is 51.7 Å². The predicted molar refractivity (Wildman–Crippen MR) is 79.4 cm³/mol. The number of nitrogens with two attached hydrogens (primary N) is 1. The quantitative estimate of drug-likeness (QED) is 0.906. The summed E-state index contributed by atoms with van der Waals surface area (Å²) in [6.07, 6.45) is 3.83. The number of methoxy groups -OCH3 is 1. The van der Waals surface area contributed by atoms with E-state index in [0.717, 1.165) is 18.8 Å². The second kappa shape index (κ2) is 6.40. The molecule has 106 valence electrons. The summed E-state index contributed by atoms with van der Waals surface area (Å²) in [7, 11) is 1.72. The molecule has 0 saturated carbocycles. The smallest absolute Gasteiger partial charge is 0.121 e. The van der Waals surface area contributed by atoms with Crippen molar-refractivity contribution in [2.24, 2.45) is 5.73 Å². The number of aryl methyl sites for hydroxylation is 1. The van der Waals surface area contributed by atoms with Crippen LogP contribution in [0.3, 0.4) is 0 Å². The highest BCUT2D eigenvalue weighted by atomic mass is 16.5. The molecule has 2 unspecified atom stereocenters. The summed E-state index contributed by atoms with van der Waals surface area (Å²) in [5, 5.41) is 0. The van der Waals surface area contributed by atoms with Crippen LogP contribution >= 0.6 is 0 Å². The minimum atomic E-state index is 0.250. The third-order valence-corrected chi connectivity index (χ3v) is 4.12. The van der Waals surface area contributed by atoms with Gasteiger partial charge in [-0.25, -0.2) is 0 Å². The first-order valence-corrected chi connectivity index (χ1v) is 7.25. The van der Waals surface area contributed by atoms with Crippen LogP contribution in [0.2, 0.25) is 0 Å². The maximum Gasteiger partial charge on any atom is 0.121 e. The Labute approximate surface area is 116 Å². The fourth-order valence-corrected chi connectivity index (χ4v) is 3.08. The lowest BCUT2D eigenvalue weighted by atomic mass is 9.96. The van der Waals surface area contributed by atoms with E-state index in [-0.39, 0.29) is 6.04 Å². The summed E-state index contributed by atoms with van der Waals surface area (Å²) >= 11 is 0. The third kappa shape index (κ3) is 3.48.